The minimum absolute atomic E-state index is 0.0206. The summed E-state index contributed by atoms with van der Waals surface area (Å²) in [5.74, 6) is 6.23. The summed E-state index contributed by atoms with van der Waals surface area (Å²) < 4.78 is 23.7. The fraction of sp³-hybridized carbons (Fsp3) is 1.00. The molecule has 0 spiro atoms. The van der Waals surface area contributed by atoms with Crippen molar-refractivity contribution in [2.45, 2.75) is 203 Å². The lowest BCUT2D eigenvalue weighted by molar-refractivity contribution is -0.870. The molecular formula is C48H99NO6P+. The zero-order chi connectivity index (χ0) is 41.8. The van der Waals surface area contributed by atoms with Crippen LogP contribution in [0, 0.1) is 47.3 Å². The fourth-order valence-corrected chi connectivity index (χ4v) is 9.08. The highest BCUT2D eigenvalue weighted by Crippen LogP contribution is 2.47. The Hall–Kier alpha value is 0.150. The first-order chi connectivity index (χ1) is 26.4. The van der Waals surface area contributed by atoms with Crippen LogP contribution < -0.4 is 4.89 Å². The van der Waals surface area contributed by atoms with Gasteiger partial charge in [-0.25, -0.2) is 0 Å². The van der Waals surface area contributed by atoms with Gasteiger partial charge >= 0.3 is 8.17 Å². The van der Waals surface area contributed by atoms with E-state index < -0.39 is 14.3 Å². The summed E-state index contributed by atoms with van der Waals surface area (Å²) in [4.78, 5) is 23.0. The summed E-state index contributed by atoms with van der Waals surface area (Å²) in [6, 6.07) is 0. The van der Waals surface area contributed by atoms with Crippen LogP contribution in [0.3, 0.4) is 0 Å². The van der Waals surface area contributed by atoms with Crippen LogP contribution >= 0.6 is 8.17 Å². The molecule has 0 aliphatic carbocycles. The van der Waals surface area contributed by atoms with E-state index in [1.807, 2.05) is 21.1 Å². The maximum absolute atomic E-state index is 12.6. The molecule has 56 heavy (non-hydrogen) atoms. The third kappa shape index (κ3) is 32.9. The maximum atomic E-state index is 12.6. The van der Waals surface area contributed by atoms with Gasteiger partial charge in [-0.1, -0.05) is 184 Å². The molecule has 0 aromatic carbocycles. The van der Waals surface area contributed by atoms with Crippen molar-refractivity contribution in [2.75, 3.05) is 60.7 Å². The lowest BCUT2D eigenvalue weighted by Crippen LogP contribution is -2.38. The van der Waals surface area contributed by atoms with Gasteiger partial charge in [0.2, 0.25) is 0 Å². The van der Waals surface area contributed by atoms with Gasteiger partial charge in [0, 0.05) is 13.2 Å². The lowest BCUT2D eigenvalue weighted by atomic mass is 9.88. The second-order valence-electron chi connectivity index (χ2n) is 20.8. The van der Waals surface area contributed by atoms with E-state index in [1.54, 1.807) is 0 Å². The van der Waals surface area contributed by atoms with Crippen LogP contribution in [0.2, 0.25) is 0 Å². The summed E-state index contributed by atoms with van der Waals surface area (Å²) in [7, 11) is 1.90. The summed E-state index contributed by atoms with van der Waals surface area (Å²) in [6.07, 6.45) is 28.6. The largest absolute Gasteiger partial charge is 0.606 e. The number of likely N-dealkylation sites (N-methyl/N-ethyl adjacent to an activating group) is 1. The Morgan fingerprint density at radius 3 is 1.18 bits per heavy atom. The number of quaternary nitrogens is 1. The highest BCUT2D eigenvalue weighted by atomic mass is 31.2. The zero-order valence-electron chi connectivity index (χ0n) is 39.4. The molecule has 1 aliphatic rings. The third-order valence-electron chi connectivity index (χ3n) is 13.0. The maximum Gasteiger partial charge on any atom is 0.377 e. The quantitative estimate of drug-likeness (QED) is 0.204. The van der Waals surface area contributed by atoms with Gasteiger partial charge in [-0.3, -0.25) is 0 Å². The van der Waals surface area contributed by atoms with Gasteiger partial charge in [-0.2, -0.15) is 13.9 Å². The summed E-state index contributed by atoms with van der Waals surface area (Å²) in [6.45, 7) is 21.9. The van der Waals surface area contributed by atoms with Gasteiger partial charge in [0.05, 0.1) is 27.7 Å². The minimum Gasteiger partial charge on any atom is -0.606 e. The average Bonchev–Trinajstić information content (AvgIpc) is 3.10. The molecule has 8 heteroatoms. The van der Waals surface area contributed by atoms with Crippen molar-refractivity contribution in [3.05, 3.63) is 0 Å². The van der Waals surface area contributed by atoms with Gasteiger partial charge in [-0.15, -0.1) is 0 Å². The smallest absolute Gasteiger partial charge is 0.377 e. The Bertz CT molecular complexity index is 901. The predicted molar refractivity (Wildman–Crippen MR) is 239 cm³/mol. The van der Waals surface area contributed by atoms with Crippen LogP contribution in [-0.2, 0) is 18.5 Å². The van der Waals surface area contributed by atoms with Crippen LogP contribution in [0.5, 0.6) is 0 Å². The van der Waals surface area contributed by atoms with Gasteiger partial charge in [0.1, 0.15) is 25.9 Å². The van der Waals surface area contributed by atoms with E-state index >= 15 is 0 Å². The summed E-state index contributed by atoms with van der Waals surface area (Å²) >= 11 is 0. The number of nitrogens with zero attached hydrogens (tertiary/aromatic N) is 1. The normalized spacial score (nSPS) is 33.3. The molecule has 1 aliphatic heterocycles. The van der Waals surface area contributed by atoms with Crippen molar-refractivity contribution in [1.82, 2.24) is 0 Å². The van der Waals surface area contributed by atoms with Gasteiger partial charge in [0.15, 0.2) is 0 Å². The molecule has 1 fully saturated rings. The van der Waals surface area contributed by atoms with Crippen LogP contribution in [0.15, 0.2) is 0 Å². The zero-order valence-corrected chi connectivity index (χ0v) is 40.3. The first-order valence-corrected chi connectivity index (χ1v) is 25.5. The van der Waals surface area contributed by atoms with Crippen LogP contribution in [-0.4, -0.2) is 76.2 Å². The van der Waals surface area contributed by atoms with E-state index in [0.29, 0.717) is 42.7 Å². The van der Waals surface area contributed by atoms with E-state index in [4.69, 9.17) is 18.5 Å². The predicted octanol–water partition coefficient (Wildman–Crippen LogP) is 12.8. The Kier molecular flexibility index (Phi) is 30.9. The molecule has 1 N–H and O–H groups in total. The molecule has 10 atom stereocenters. The molecule has 1 unspecified atom stereocenters. The minimum atomic E-state index is -4.17. The van der Waals surface area contributed by atoms with Gasteiger partial charge < -0.3 is 18.9 Å². The molecule has 0 radical (unpaired) electrons. The molecular weight excluding hydrogens is 718 g/mol. The van der Waals surface area contributed by atoms with E-state index in [-0.39, 0.29) is 13.2 Å². The van der Waals surface area contributed by atoms with Crippen molar-refractivity contribution in [3.8, 4) is 0 Å². The summed E-state index contributed by atoms with van der Waals surface area (Å²) in [5, 5.41) is 0. The number of phosphoric ester groups is 1. The highest BCUT2D eigenvalue weighted by molar-refractivity contribution is 7.52. The SMILES string of the molecule is C[C@@H]1CCC[C@@H](C)CCC[C@H](C)CC[C@@H](C)CCC[C@H](C)CCC[C@@H](C)CCC[C@@H](C)CCO[C@H](CO[P+]([O-])(O)OCC[N+](C)(C)C)COCC[C@H](C)CCC1. The molecule has 336 valence electrons. The Labute approximate surface area is 350 Å². The van der Waals surface area contributed by atoms with Crippen molar-refractivity contribution in [2.24, 2.45) is 47.3 Å². The second kappa shape index (κ2) is 31.9. The van der Waals surface area contributed by atoms with Gasteiger partial charge in [-0.05, 0) is 60.2 Å². The van der Waals surface area contributed by atoms with Crippen LogP contribution in [0.25, 0.3) is 0 Å². The van der Waals surface area contributed by atoms with Crippen molar-refractivity contribution in [3.63, 3.8) is 0 Å². The Morgan fingerprint density at radius 1 is 0.500 bits per heavy atom. The molecule has 0 bridgehead atoms. The Balaban J connectivity index is 2.68. The standard InChI is InChI=1S/C48H98NO6P/c1-40-18-12-20-42(3)24-16-28-46(7)32-35-52-38-48(39-55-56(50,51)54-37-34-49(9,10)11)53-36-33-47(8)29-17-25-43(4)21-13-19-41(2)23-15-27-45(6)31-30-44(5)26-14-22-40/h40-48H,12-39H2,1-11H3/p+1/t40-,41-,42-,43-,44+,45+,46-,47-,48+/m1/s1. The van der Waals surface area contributed by atoms with E-state index in [9.17, 15) is 9.79 Å². The third-order valence-corrected chi connectivity index (χ3v) is 14.0. The topological polar surface area (TPSA) is 80.2 Å². The van der Waals surface area contributed by atoms with Gasteiger partial charge in [0.25, 0.3) is 0 Å². The number of rotatable bonds is 7. The molecule has 0 amide bonds. The number of hydrogen-bond donors (Lipinski definition) is 1. The number of phosphoric acid groups is 1. The molecule has 1 rings (SSSR count). The van der Waals surface area contributed by atoms with Crippen LogP contribution in [0.1, 0.15) is 197 Å². The Morgan fingerprint density at radius 2 is 0.821 bits per heavy atom. The number of ether oxygens (including phenoxy) is 2. The van der Waals surface area contributed by atoms with Crippen molar-refractivity contribution >= 4 is 8.17 Å². The lowest BCUT2D eigenvalue weighted by Gasteiger charge is -2.26. The molecule has 0 saturated carbocycles. The summed E-state index contributed by atoms with van der Waals surface area (Å²) in [5.41, 5.74) is 0. The molecule has 7 nitrogen and oxygen atoms in total. The first kappa shape index (κ1) is 54.2. The monoisotopic (exact) mass is 817 g/mol. The molecule has 1 heterocycles. The highest BCUT2D eigenvalue weighted by Gasteiger charge is 2.30. The average molecular weight is 817 g/mol. The van der Waals surface area contributed by atoms with Crippen molar-refractivity contribution < 1.29 is 32.8 Å². The van der Waals surface area contributed by atoms with E-state index in [2.05, 4.69) is 55.4 Å². The van der Waals surface area contributed by atoms with E-state index in [1.165, 1.54) is 128 Å². The molecule has 0 aromatic heterocycles. The van der Waals surface area contributed by atoms with E-state index in [0.717, 1.165) is 48.3 Å². The van der Waals surface area contributed by atoms with Crippen molar-refractivity contribution in [1.29, 1.82) is 0 Å². The first-order valence-electron chi connectivity index (χ1n) is 24.1. The molecule has 0 aromatic rings. The molecule has 1 saturated heterocycles. The fourth-order valence-electron chi connectivity index (χ4n) is 8.34. The number of hydrogen-bond acceptors (Lipinski definition) is 6. The second-order valence-corrected chi connectivity index (χ2v) is 22.2. The van der Waals surface area contributed by atoms with Crippen LogP contribution in [0.4, 0.5) is 0 Å².